The van der Waals surface area contributed by atoms with E-state index >= 15 is 8.78 Å². The number of alkyl halides is 3. The van der Waals surface area contributed by atoms with E-state index in [1.807, 2.05) is 0 Å². The number of aromatic nitrogens is 5. The maximum atomic E-state index is 15.6. The summed E-state index contributed by atoms with van der Waals surface area (Å²) in [7, 11) is 0. The van der Waals surface area contributed by atoms with Crippen molar-refractivity contribution < 1.29 is 31.8 Å². The minimum absolute atomic E-state index is 0.0107. The minimum Gasteiger partial charge on any atom is -0.379 e. The Morgan fingerprint density at radius 2 is 1.91 bits per heavy atom. The van der Waals surface area contributed by atoms with Gasteiger partial charge in [-0.1, -0.05) is 6.07 Å². The smallest absolute Gasteiger partial charge is 0.323 e. The van der Waals surface area contributed by atoms with Gasteiger partial charge in [0.25, 0.3) is 0 Å². The van der Waals surface area contributed by atoms with Crippen LogP contribution in [-0.2, 0) is 29.2 Å². The maximum Gasteiger partial charge on any atom is 0.323 e. The Kier molecular flexibility index (Phi) is 7.46. The first kappa shape index (κ1) is 23.7. The number of hydrogen-bond acceptors (Lipinski definition) is 6. The quantitative estimate of drug-likeness (QED) is 0.352. The Bertz CT molecular complexity index is 1000. The van der Waals surface area contributed by atoms with Crippen LogP contribution in [0.15, 0.2) is 42.9 Å². The van der Waals surface area contributed by atoms with E-state index in [4.69, 9.17) is 4.74 Å². The van der Waals surface area contributed by atoms with Gasteiger partial charge < -0.3 is 9.84 Å². The van der Waals surface area contributed by atoms with E-state index in [1.54, 1.807) is 0 Å². The van der Waals surface area contributed by atoms with Gasteiger partial charge in [0.05, 0.1) is 13.2 Å². The summed E-state index contributed by atoms with van der Waals surface area (Å²) < 4.78 is 76.8. The average Bonchev–Trinajstić information content (AvgIpc) is 3.26. The van der Waals surface area contributed by atoms with Crippen LogP contribution in [0.3, 0.4) is 0 Å². The number of tetrazole rings is 1. The summed E-state index contributed by atoms with van der Waals surface area (Å²) in [6.07, 6.45) is 3.16. The maximum absolute atomic E-state index is 15.6. The van der Waals surface area contributed by atoms with Crippen molar-refractivity contribution in [3.8, 4) is 0 Å². The molecule has 0 saturated carbocycles. The number of hydrogen-bond donors (Lipinski definition) is 1. The molecule has 0 radical (unpaired) electrons. The number of aliphatic hydroxyl groups is 1. The molecule has 7 nitrogen and oxygen atoms in total. The van der Waals surface area contributed by atoms with Gasteiger partial charge in [0.1, 0.15) is 30.3 Å². The topological polar surface area (TPSA) is 86.0 Å². The summed E-state index contributed by atoms with van der Waals surface area (Å²) in [6, 6.07) is 4.32. The van der Waals surface area contributed by atoms with Crippen LogP contribution >= 0.6 is 0 Å². The molecule has 1 atom stereocenters. The number of nitrogens with zero attached hydrogens (tertiary/aromatic N) is 5. The zero-order valence-electron chi connectivity index (χ0n) is 16.8. The number of rotatable bonds is 11. The van der Waals surface area contributed by atoms with E-state index < -0.39 is 47.6 Å². The summed E-state index contributed by atoms with van der Waals surface area (Å²) in [5.41, 5.74) is -4.23. The number of pyridine rings is 1. The second-order valence-corrected chi connectivity index (χ2v) is 7.02. The van der Waals surface area contributed by atoms with Crippen molar-refractivity contribution in [3.63, 3.8) is 0 Å². The molecule has 0 amide bonds. The van der Waals surface area contributed by atoms with E-state index in [0.29, 0.717) is 31.1 Å². The molecular formula is C20H20F5N5O2. The van der Waals surface area contributed by atoms with Crippen LogP contribution < -0.4 is 0 Å². The van der Waals surface area contributed by atoms with Gasteiger partial charge in [0.15, 0.2) is 5.60 Å². The van der Waals surface area contributed by atoms with E-state index in [-0.39, 0.29) is 6.61 Å². The van der Waals surface area contributed by atoms with Crippen molar-refractivity contribution in [3.05, 3.63) is 71.3 Å². The van der Waals surface area contributed by atoms with Crippen molar-refractivity contribution in [1.82, 2.24) is 25.2 Å². The largest absolute Gasteiger partial charge is 0.379 e. The first-order chi connectivity index (χ1) is 15.3. The van der Waals surface area contributed by atoms with Gasteiger partial charge in [-0.3, -0.25) is 4.98 Å². The molecular weight excluding hydrogens is 437 g/mol. The third kappa shape index (κ3) is 5.07. The Labute approximate surface area is 179 Å². The van der Waals surface area contributed by atoms with Gasteiger partial charge in [-0.15, -0.1) is 5.10 Å². The fraction of sp³-hybridized carbons (Fsp3) is 0.400. The average molecular weight is 457 g/mol. The molecule has 3 rings (SSSR count). The molecule has 3 aromatic rings. The van der Waals surface area contributed by atoms with E-state index in [0.717, 1.165) is 29.2 Å². The predicted molar refractivity (Wildman–Crippen MR) is 101 cm³/mol. The zero-order valence-corrected chi connectivity index (χ0v) is 16.8. The fourth-order valence-electron chi connectivity index (χ4n) is 3.17. The van der Waals surface area contributed by atoms with Gasteiger partial charge in [-0.05, 0) is 47.0 Å². The molecule has 0 fully saturated rings. The second kappa shape index (κ2) is 10.1. The Hall–Kier alpha value is -2.99. The lowest BCUT2D eigenvalue weighted by molar-refractivity contribution is -0.207. The van der Waals surface area contributed by atoms with Crippen LogP contribution in [-0.4, -0.2) is 50.2 Å². The van der Waals surface area contributed by atoms with Crippen LogP contribution in [0, 0.1) is 11.6 Å². The Balaban J connectivity index is 1.89. The van der Waals surface area contributed by atoms with Gasteiger partial charge in [-0.2, -0.15) is 8.78 Å². The first-order valence-corrected chi connectivity index (χ1v) is 9.63. The van der Waals surface area contributed by atoms with Crippen molar-refractivity contribution in [2.45, 2.75) is 30.9 Å². The predicted octanol–water partition coefficient (Wildman–Crippen LogP) is 2.94. The minimum atomic E-state index is -4.11. The lowest BCUT2D eigenvalue weighted by Crippen LogP contribution is -2.48. The lowest BCUT2D eigenvalue weighted by Gasteiger charge is -2.35. The highest BCUT2D eigenvalue weighted by Crippen LogP contribution is 2.46. The van der Waals surface area contributed by atoms with Crippen LogP contribution in [0.25, 0.3) is 0 Å². The molecule has 1 aromatic carbocycles. The number of halogens is 5. The van der Waals surface area contributed by atoms with E-state index in [2.05, 4.69) is 20.5 Å². The normalized spacial score (nSPS) is 13.8. The van der Waals surface area contributed by atoms with Crippen LogP contribution in [0.2, 0.25) is 0 Å². The van der Waals surface area contributed by atoms with Crippen LogP contribution in [0.1, 0.15) is 23.2 Å². The molecule has 172 valence electrons. The summed E-state index contributed by atoms with van der Waals surface area (Å²) in [4.78, 5) is 3.77. The molecule has 2 aromatic heterocycles. The molecule has 1 unspecified atom stereocenters. The summed E-state index contributed by atoms with van der Waals surface area (Å²) >= 11 is 0. The van der Waals surface area contributed by atoms with Crippen LogP contribution in [0.5, 0.6) is 0 Å². The summed E-state index contributed by atoms with van der Waals surface area (Å²) in [6.45, 7) is -1.22. The van der Waals surface area contributed by atoms with E-state index in [1.165, 1.54) is 12.3 Å². The highest BCUT2D eigenvalue weighted by Gasteiger charge is 2.57. The summed E-state index contributed by atoms with van der Waals surface area (Å²) in [5.74, 6) is -6.46. The second-order valence-electron chi connectivity index (χ2n) is 7.02. The Morgan fingerprint density at radius 1 is 1.09 bits per heavy atom. The molecule has 12 heteroatoms. The molecule has 0 spiro atoms. The highest BCUT2D eigenvalue weighted by molar-refractivity contribution is 5.31. The lowest BCUT2D eigenvalue weighted by atomic mass is 9.84. The van der Waals surface area contributed by atoms with Gasteiger partial charge in [0, 0.05) is 24.4 Å². The standard InChI is InChI=1S/C20H20F5N5O2/c21-7-9-32-8-1-2-14-3-6-18(26-11-14)20(24,25)19(31,12-30-13-27-28-29-30)16-5-4-15(22)10-17(16)23/h3-6,10-11,13,31H,1-2,7-9,12H2. The molecule has 32 heavy (non-hydrogen) atoms. The molecule has 0 aliphatic rings. The SMILES string of the molecule is OC(Cn1cnnn1)(c1ccc(F)cc1F)C(F)(F)c1ccc(CCCOCCF)cn1. The number of ether oxygens (including phenoxy) is 1. The van der Waals surface area contributed by atoms with Crippen LogP contribution in [0.4, 0.5) is 22.0 Å². The highest BCUT2D eigenvalue weighted by atomic mass is 19.3. The summed E-state index contributed by atoms with van der Waals surface area (Å²) in [5, 5.41) is 21.2. The fourth-order valence-corrected chi connectivity index (χ4v) is 3.17. The molecule has 0 aliphatic carbocycles. The monoisotopic (exact) mass is 457 g/mol. The van der Waals surface area contributed by atoms with Gasteiger partial charge >= 0.3 is 5.92 Å². The molecule has 1 N–H and O–H groups in total. The van der Waals surface area contributed by atoms with E-state index in [9.17, 15) is 18.3 Å². The third-order valence-electron chi connectivity index (χ3n) is 4.80. The molecule has 0 saturated heterocycles. The number of benzene rings is 1. The van der Waals surface area contributed by atoms with Crippen molar-refractivity contribution in [2.24, 2.45) is 0 Å². The molecule has 0 aliphatic heterocycles. The Morgan fingerprint density at radius 3 is 2.53 bits per heavy atom. The van der Waals surface area contributed by atoms with Gasteiger partial charge in [0.2, 0.25) is 0 Å². The van der Waals surface area contributed by atoms with Crippen molar-refractivity contribution in [1.29, 1.82) is 0 Å². The first-order valence-electron chi connectivity index (χ1n) is 9.63. The van der Waals surface area contributed by atoms with Gasteiger partial charge in [-0.25, -0.2) is 17.9 Å². The zero-order chi connectivity index (χ0) is 23.2. The third-order valence-corrected chi connectivity index (χ3v) is 4.80. The number of aryl methyl sites for hydroxylation is 1. The molecule has 0 bridgehead atoms. The van der Waals surface area contributed by atoms with Crippen molar-refractivity contribution >= 4 is 0 Å². The molecule has 2 heterocycles. The van der Waals surface area contributed by atoms with Crippen molar-refractivity contribution in [2.75, 3.05) is 19.9 Å².